The lowest BCUT2D eigenvalue weighted by Crippen LogP contribution is -2.59. The minimum atomic E-state index is -1.16. The average Bonchev–Trinajstić information content (AvgIpc) is 3.47. The van der Waals surface area contributed by atoms with Gasteiger partial charge in [0.2, 0.25) is 18.2 Å². The van der Waals surface area contributed by atoms with Gasteiger partial charge in [0.25, 0.3) is 5.97 Å². The molecule has 2 atom stereocenters. The highest BCUT2D eigenvalue weighted by Crippen LogP contribution is 2.20. The van der Waals surface area contributed by atoms with Crippen molar-refractivity contribution in [3.05, 3.63) is 72.1 Å². The Bertz CT molecular complexity index is 1450. The first-order valence-electron chi connectivity index (χ1n) is 12.4. The Labute approximate surface area is 225 Å². The number of carbonyl (C=O) groups is 4. The van der Waals surface area contributed by atoms with Crippen LogP contribution in [0.3, 0.4) is 0 Å². The van der Waals surface area contributed by atoms with Gasteiger partial charge in [-0.05, 0) is 37.1 Å². The number of aliphatic carboxylic acids is 1. The van der Waals surface area contributed by atoms with Crippen molar-refractivity contribution in [2.45, 2.75) is 51.4 Å². The molecule has 2 aromatic heterocycles. The van der Waals surface area contributed by atoms with Crippen LogP contribution in [-0.4, -0.2) is 57.0 Å². The largest absolute Gasteiger partial charge is 0.481 e. The molecule has 11 nitrogen and oxygen atoms in total. The number of amides is 3. The second-order valence-electron chi connectivity index (χ2n) is 9.74. The maximum absolute atomic E-state index is 13.4. The van der Waals surface area contributed by atoms with Crippen molar-refractivity contribution >= 4 is 46.0 Å². The van der Waals surface area contributed by atoms with Crippen molar-refractivity contribution in [2.75, 3.05) is 0 Å². The molecule has 4 rings (SSSR count). The van der Waals surface area contributed by atoms with Crippen molar-refractivity contribution < 1.29 is 24.3 Å². The van der Waals surface area contributed by atoms with Gasteiger partial charge in [0.1, 0.15) is 12.2 Å². The number of aromatic nitrogens is 2. The molecule has 206 valence electrons. The molecule has 0 aliphatic heterocycles. The fourth-order valence-corrected chi connectivity index (χ4v) is 4.10. The van der Waals surface area contributed by atoms with Gasteiger partial charge >= 0.3 is 0 Å². The molecule has 4 aromatic rings. The first-order valence-corrected chi connectivity index (χ1v) is 12.4. The summed E-state index contributed by atoms with van der Waals surface area (Å²) in [5.41, 5.74) is 8.54. The molecule has 0 aliphatic rings. The van der Waals surface area contributed by atoms with Gasteiger partial charge in [0.05, 0.1) is 5.54 Å². The zero-order valence-electron chi connectivity index (χ0n) is 22.1. The molecule has 0 radical (unpaired) electrons. The number of H-pyrrole nitrogens is 2. The van der Waals surface area contributed by atoms with Crippen molar-refractivity contribution in [3.8, 4) is 0 Å². The zero-order chi connectivity index (χ0) is 28.6. The SMILES string of the molecule is CC(=O)O.CC(C)(N)C(=O)NC(Cc1c[nH]c2ccccc12)C(=O)NC(Cc1c[nH]c2ccccc12)NC=O. The number of carbonyl (C=O) groups excluding carboxylic acids is 3. The van der Waals surface area contributed by atoms with Crippen LogP contribution in [-0.2, 0) is 32.0 Å². The molecule has 2 aromatic carbocycles. The molecule has 0 fully saturated rings. The van der Waals surface area contributed by atoms with Crippen LogP contribution < -0.4 is 21.7 Å². The predicted molar refractivity (Wildman–Crippen MR) is 149 cm³/mol. The number of carboxylic acid groups (broad SMARTS) is 1. The molecule has 0 spiro atoms. The fraction of sp³-hybridized carbons (Fsp3) is 0.286. The van der Waals surface area contributed by atoms with E-state index in [2.05, 4.69) is 25.9 Å². The number of benzene rings is 2. The van der Waals surface area contributed by atoms with E-state index in [9.17, 15) is 14.4 Å². The molecule has 0 saturated carbocycles. The van der Waals surface area contributed by atoms with Crippen molar-refractivity contribution in [1.29, 1.82) is 0 Å². The van der Waals surface area contributed by atoms with Gasteiger partial charge in [0.15, 0.2) is 0 Å². The fourth-order valence-electron chi connectivity index (χ4n) is 4.10. The number of aromatic amines is 2. The van der Waals surface area contributed by atoms with Gasteiger partial charge in [-0.3, -0.25) is 19.2 Å². The number of fused-ring (bicyclic) bond motifs is 2. The maximum atomic E-state index is 13.4. The second kappa shape index (κ2) is 12.7. The molecule has 11 heteroatoms. The Morgan fingerprint density at radius 1 is 0.923 bits per heavy atom. The van der Waals surface area contributed by atoms with Gasteiger partial charge in [-0.25, -0.2) is 0 Å². The zero-order valence-corrected chi connectivity index (χ0v) is 22.1. The summed E-state index contributed by atoms with van der Waals surface area (Å²) in [5, 5.41) is 17.7. The summed E-state index contributed by atoms with van der Waals surface area (Å²) >= 11 is 0. The van der Waals surface area contributed by atoms with Gasteiger partial charge in [0, 0.05) is 54.0 Å². The molecular weight excluding hydrogens is 500 g/mol. The van der Waals surface area contributed by atoms with E-state index in [1.165, 1.54) is 0 Å². The molecular formula is C28H34N6O5. The quantitative estimate of drug-likeness (QED) is 0.120. The van der Waals surface area contributed by atoms with Gasteiger partial charge in [-0.2, -0.15) is 0 Å². The number of hydrogen-bond acceptors (Lipinski definition) is 5. The minimum Gasteiger partial charge on any atom is -0.481 e. The standard InChI is InChI=1S/C26H30N6O3.C2H4O2/c1-26(2,27)25(35)31-22(11-16-13-28-20-9-5-3-7-18(16)20)24(34)32-23(30-15-33)12-17-14-29-21-10-6-4-8-19(17)21;1-2(3)4/h3-10,13-15,22-23,28-29H,11-12,27H2,1-2H3,(H,30,33)(H,31,35)(H,32,34);1H3,(H,3,4). The molecule has 2 unspecified atom stereocenters. The summed E-state index contributed by atoms with van der Waals surface area (Å²) in [6.45, 7) is 4.24. The lowest BCUT2D eigenvalue weighted by Gasteiger charge is -2.26. The van der Waals surface area contributed by atoms with Crippen LogP contribution in [0.2, 0.25) is 0 Å². The molecule has 2 heterocycles. The third-order valence-electron chi connectivity index (χ3n) is 5.99. The van der Waals surface area contributed by atoms with Crippen LogP contribution in [0.1, 0.15) is 31.9 Å². The molecule has 39 heavy (non-hydrogen) atoms. The van der Waals surface area contributed by atoms with E-state index >= 15 is 0 Å². The van der Waals surface area contributed by atoms with E-state index in [4.69, 9.17) is 15.6 Å². The Hall–Kier alpha value is -4.64. The van der Waals surface area contributed by atoms with Crippen molar-refractivity contribution in [3.63, 3.8) is 0 Å². The molecule has 0 aliphatic carbocycles. The highest BCUT2D eigenvalue weighted by Gasteiger charge is 2.30. The maximum Gasteiger partial charge on any atom is 0.300 e. The second-order valence-corrected chi connectivity index (χ2v) is 9.74. The highest BCUT2D eigenvalue weighted by molar-refractivity contribution is 5.93. The van der Waals surface area contributed by atoms with Gasteiger partial charge < -0.3 is 36.8 Å². The summed E-state index contributed by atoms with van der Waals surface area (Å²) in [6, 6.07) is 14.6. The van der Waals surface area contributed by atoms with Gasteiger partial charge in [-0.15, -0.1) is 0 Å². The summed E-state index contributed by atoms with van der Waals surface area (Å²) in [5.74, 6) is -1.71. The molecule has 3 amide bonds. The lowest BCUT2D eigenvalue weighted by molar-refractivity contribution is -0.134. The van der Waals surface area contributed by atoms with Crippen molar-refractivity contribution in [2.24, 2.45) is 5.73 Å². The first-order chi connectivity index (χ1) is 18.5. The summed E-state index contributed by atoms with van der Waals surface area (Å²) < 4.78 is 0. The van der Waals surface area contributed by atoms with E-state index in [1.54, 1.807) is 13.8 Å². The van der Waals surface area contributed by atoms with Crippen LogP contribution in [0.5, 0.6) is 0 Å². The Morgan fingerprint density at radius 2 is 1.41 bits per heavy atom. The topological polar surface area (TPSA) is 182 Å². The third-order valence-corrected chi connectivity index (χ3v) is 5.99. The summed E-state index contributed by atoms with van der Waals surface area (Å²) in [4.78, 5) is 52.8. The molecule has 0 saturated heterocycles. The normalized spacial score (nSPS) is 12.6. The number of nitrogens with one attached hydrogen (secondary N) is 5. The van der Waals surface area contributed by atoms with Crippen LogP contribution in [0, 0.1) is 0 Å². The van der Waals surface area contributed by atoms with Crippen LogP contribution >= 0.6 is 0 Å². The van der Waals surface area contributed by atoms with E-state index < -0.39 is 35.5 Å². The monoisotopic (exact) mass is 534 g/mol. The van der Waals surface area contributed by atoms with E-state index in [-0.39, 0.29) is 6.42 Å². The Kier molecular flexibility index (Phi) is 9.45. The van der Waals surface area contributed by atoms with Crippen molar-refractivity contribution in [1.82, 2.24) is 25.9 Å². The number of hydrogen-bond donors (Lipinski definition) is 7. The Morgan fingerprint density at radius 3 is 1.90 bits per heavy atom. The smallest absolute Gasteiger partial charge is 0.300 e. The lowest BCUT2D eigenvalue weighted by atomic mass is 10.0. The predicted octanol–water partition coefficient (Wildman–Crippen LogP) is 1.94. The first kappa shape index (κ1) is 28.9. The third kappa shape index (κ3) is 7.92. The van der Waals surface area contributed by atoms with E-state index in [0.29, 0.717) is 12.8 Å². The summed E-state index contributed by atoms with van der Waals surface area (Å²) in [6.07, 6.45) is 4.18. The van der Waals surface area contributed by atoms with E-state index in [0.717, 1.165) is 39.9 Å². The molecule has 8 N–H and O–H groups in total. The number of carboxylic acids is 1. The highest BCUT2D eigenvalue weighted by atomic mass is 16.4. The minimum absolute atomic E-state index is 0.249. The Balaban J connectivity index is 0.000000983. The van der Waals surface area contributed by atoms with Crippen LogP contribution in [0.15, 0.2) is 60.9 Å². The summed E-state index contributed by atoms with van der Waals surface area (Å²) in [7, 11) is 0. The van der Waals surface area contributed by atoms with Gasteiger partial charge in [-0.1, -0.05) is 36.4 Å². The van der Waals surface area contributed by atoms with E-state index in [1.807, 2.05) is 60.9 Å². The van der Waals surface area contributed by atoms with Crippen LogP contribution in [0.4, 0.5) is 0 Å². The molecule has 0 bridgehead atoms. The average molecular weight is 535 g/mol. The number of para-hydroxylation sites is 2. The number of rotatable bonds is 10. The number of nitrogens with two attached hydrogens (primary N) is 1. The van der Waals surface area contributed by atoms with Crippen LogP contribution in [0.25, 0.3) is 21.8 Å².